The standard InChI is InChI=1S/C27H27F6N3O4S/c28-26(29,30)39-19-4-7-21(8-5-19)41(37,38)24-17-34-23-9-6-20(40-27(31,32)33)16-22(23)25(24)36-14-10-18(11-15-36)35-12-2-1-3-13-35/h4-9,16-18H,1-3,10-15H2. The van der Waals surface area contributed by atoms with Gasteiger partial charge in [-0.25, -0.2) is 8.42 Å². The van der Waals surface area contributed by atoms with Crippen LogP contribution >= 0.6 is 0 Å². The lowest BCUT2D eigenvalue weighted by Crippen LogP contribution is -2.47. The Kier molecular flexibility index (Phi) is 7.99. The maximum absolute atomic E-state index is 13.8. The molecule has 0 spiro atoms. The monoisotopic (exact) mass is 603 g/mol. The molecule has 2 aromatic carbocycles. The second-order valence-electron chi connectivity index (χ2n) is 10.0. The number of benzene rings is 2. The Morgan fingerprint density at radius 3 is 1.98 bits per heavy atom. The van der Waals surface area contributed by atoms with Crippen LogP contribution in [-0.4, -0.2) is 63.2 Å². The van der Waals surface area contributed by atoms with E-state index < -0.39 is 34.1 Å². The normalized spacial score (nSPS) is 18.0. The average Bonchev–Trinajstić information content (AvgIpc) is 2.91. The molecular weight excluding hydrogens is 576 g/mol. The maximum Gasteiger partial charge on any atom is 0.573 e. The Hall–Kier alpha value is -3.26. The van der Waals surface area contributed by atoms with Crippen LogP contribution in [0, 0.1) is 0 Å². The minimum atomic E-state index is -4.96. The summed E-state index contributed by atoms with van der Waals surface area (Å²) in [4.78, 5) is 7.87. The average molecular weight is 604 g/mol. The first kappa shape index (κ1) is 29.2. The minimum Gasteiger partial charge on any atom is -0.406 e. The molecular formula is C27H27F6N3O4S. The number of anilines is 1. The third kappa shape index (κ3) is 6.80. The van der Waals surface area contributed by atoms with Crippen molar-refractivity contribution in [3.8, 4) is 11.5 Å². The van der Waals surface area contributed by atoms with Crippen LogP contribution in [-0.2, 0) is 9.84 Å². The van der Waals surface area contributed by atoms with Crippen molar-refractivity contribution in [2.45, 2.75) is 60.7 Å². The molecule has 3 heterocycles. The van der Waals surface area contributed by atoms with Gasteiger partial charge in [0.25, 0.3) is 0 Å². The van der Waals surface area contributed by atoms with E-state index in [0.29, 0.717) is 19.1 Å². The summed E-state index contributed by atoms with van der Waals surface area (Å²) in [5.74, 6) is -1.12. The highest BCUT2D eigenvalue weighted by molar-refractivity contribution is 7.91. The molecule has 14 heteroatoms. The highest BCUT2D eigenvalue weighted by Crippen LogP contribution is 2.40. The Morgan fingerprint density at radius 2 is 1.37 bits per heavy atom. The van der Waals surface area contributed by atoms with E-state index >= 15 is 0 Å². The van der Waals surface area contributed by atoms with Crippen molar-refractivity contribution in [3.63, 3.8) is 0 Å². The lowest BCUT2D eigenvalue weighted by molar-refractivity contribution is -0.275. The fraction of sp³-hybridized carbons (Fsp3) is 0.444. The van der Waals surface area contributed by atoms with E-state index in [4.69, 9.17) is 0 Å². The number of aromatic nitrogens is 1. The van der Waals surface area contributed by atoms with Gasteiger partial charge in [-0.15, -0.1) is 26.3 Å². The van der Waals surface area contributed by atoms with Crippen molar-refractivity contribution in [3.05, 3.63) is 48.7 Å². The number of halogens is 6. The number of hydrogen-bond acceptors (Lipinski definition) is 7. The van der Waals surface area contributed by atoms with Crippen molar-refractivity contribution in [2.24, 2.45) is 0 Å². The molecule has 0 saturated carbocycles. The van der Waals surface area contributed by atoms with E-state index in [2.05, 4.69) is 19.4 Å². The number of sulfone groups is 1. The van der Waals surface area contributed by atoms with Gasteiger partial charge in [-0.3, -0.25) is 4.98 Å². The summed E-state index contributed by atoms with van der Waals surface area (Å²) in [6, 6.07) is 7.57. The Morgan fingerprint density at radius 1 is 0.780 bits per heavy atom. The fourth-order valence-corrected chi connectivity index (χ4v) is 6.98. The van der Waals surface area contributed by atoms with Gasteiger partial charge in [0, 0.05) is 30.7 Å². The number of fused-ring (bicyclic) bond motifs is 1. The van der Waals surface area contributed by atoms with Crippen LogP contribution < -0.4 is 14.4 Å². The highest BCUT2D eigenvalue weighted by atomic mass is 32.2. The molecule has 0 radical (unpaired) electrons. The molecule has 0 atom stereocenters. The third-order valence-electron chi connectivity index (χ3n) is 7.36. The first-order chi connectivity index (χ1) is 19.3. The van der Waals surface area contributed by atoms with Gasteiger partial charge in [-0.05, 0) is 81.2 Å². The predicted octanol–water partition coefficient (Wildman–Crippen LogP) is 6.32. The molecule has 2 fully saturated rings. The number of rotatable bonds is 6. The van der Waals surface area contributed by atoms with Gasteiger partial charge < -0.3 is 19.3 Å². The minimum absolute atomic E-state index is 0.154. The zero-order valence-corrected chi connectivity index (χ0v) is 22.5. The lowest BCUT2D eigenvalue weighted by Gasteiger charge is -2.41. The highest BCUT2D eigenvalue weighted by Gasteiger charge is 2.34. The molecule has 1 aromatic heterocycles. The van der Waals surface area contributed by atoms with Gasteiger partial charge in [0.15, 0.2) is 0 Å². The van der Waals surface area contributed by atoms with Gasteiger partial charge in [0.05, 0.1) is 16.1 Å². The summed E-state index contributed by atoms with van der Waals surface area (Å²) in [6.45, 7) is 2.89. The number of piperidine rings is 2. The van der Waals surface area contributed by atoms with Crippen LogP contribution in [0.15, 0.2) is 58.5 Å². The van der Waals surface area contributed by atoms with E-state index in [9.17, 15) is 34.8 Å². The van der Waals surface area contributed by atoms with Crippen molar-refractivity contribution in [1.29, 1.82) is 0 Å². The van der Waals surface area contributed by atoms with Crippen LogP contribution in [0.1, 0.15) is 32.1 Å². The largest absolute Gasteiger partial charge is 0.573 e. The number of likely N-dealkylation sites (tertiary alicyclic amines) is 1. The van der Waals surface area contributed by atoms with Gasteiger partial charge in [-0.2, -0.15) is 0 Å². The van der Waals surface area contributed by atoms with Crippen molar-refractivity contribution < 1.29 is 44.2 Å². The molecule has 0 bridgehead atoms. The molecule has 3 aromatic rings. The van der Waals surface area contributed by atoms with Crippen molar-refractivity contribution in [1.82, 2.24) is 9.88 Å². The topological polar surface area (TPSA) is 72.0 Å². The van der Waals surface area contributed by atoms with Crippen LogP contribution in [0.2, 0.25) is 0 Å². The van der Waals surface area contributed by atoms with E-state index in [-0.39, 0.29) is 26.4 Å². The molecule has 0 unspecified atom stereocenters. The van der Waals surface area contributed by atoms with Crippen molar-refractivity contribution in [2.75, 3.05) is 31.1 Å². The van der Waals surface area contributed by atoms with Crippen LogP contribution in [0.3, 0.4) is 0 Å². The molecule has 2 saturated heterocycles. The summed E-state index contributed by atoms with van der Waals surface area (Å²) in [7, 11) is -4.37. The number of pyridine rings is 1. The Labute approximate surface area is 232 Å². The van der Waals surface area contributed by atoms with Gasteiger partial charge in [0.2, 0.25) is 9.84 Å². The van der Waals surface area contributed by atoms with E-state index in [0.717, 1.165) is 81.4 Å². The summed E-state index contributed by atoms with van der Waals surface area (Å²) >= 11 is 0. The molecule has 222 valence electrons. The summed E-state index contributed by atoms with van der Waals surface area (Å²) in [5.41, 5.74) is 0.441. The number of hydrogen-bond donors (Lipinski definition) is 0. The zero-order valence-electron chi connectivity index (χ0n) is 21.7. The lowest BCUT2D eigenvalue weighted by atomic mass is 9.99. The number of nitrogens with zero attached hydrogens (tertiary/aromatic N) is 3. The van der Waals surface area contributed by atoms with Crippen LogP contribution in [0.4, 0.5) is 32.0 Å². The maximum atomic E-state index is 13.8. The second kappa shape index (κ2) is 11.2. The van der Waals surface area contributed by atoms with Crippen LogP contribution in [0.5, 0.6) is 11.5 Å². The smallest absolute Gasteiger partial charge is 0.406 e. The summed E-state index contributed by atoms with van der Waals surface area (Å²) < 4.78 is 112. The quantitative estimate of drug-likeness (QED) is 0.306. The van der Waals surface area contributed by atoms with E-state index in [1.807, 2.05) is 4.90 Å². The Balaban J connectivity index is 1.55. The molecule has 2 aliphatic heterocycles. The third-order valence-corrected chi connectivity index (χ3v) is 9.13. The SMILES string of the molecule is O=S(=O)(c1ccc(OC(F)(F)F)cc1)c1cnc2ccc(OC(F)(F)F)cc2c1N1CCC(N2CCCCC2)CC1. The molecule has 0 N–H and O–H groups in total. The molecule has 2 aliphatic rings. The molecule has 7 nitrogen and oxygen atoms in total. The van der Waals surface area contributed by atoms with Crippen LogP contribution in [0.25, 0.3) is 10.9 Å². The van der Waals surface area contributed by atoms with E-state index in [1.165, 1.54) is 12.5 Å². The first-order valence-electron chi connectivity index (χ1n) is 13.1. The number of ether oxygens (including phenoxy) is 2. The summed E-state index contributed by atoms with van der Waals surface area (Å²) in [5, 5.41) is 0.154. The predicted molar refractivity (Wildman–Crippen MR) is 138 cm³/mol. The second-order valence-corrected chi connectivity index (χ2v) is 12.0. The van der Waals surface area contributed by atoms with Crippen molar-refractivity contribution >= 4 is 26.4 Å². The molecule has 0 amide bonds. The first-order valence-corrected chi connectivity index (χ1v) is 14.6. The number of alkyl halides is 6. The fourth-order valence-electron chi connectivity index (χ4n) is 5.54. The summed E-state index contributed by atoms with van der Waals surface area (Å²) in [6.07, 6.45) is -3.90. The molecule has 0 aliphatic carbocycles. The molecule has 41 heavy (non-hydrogen) atoms. The zero-order chi connectivity index (χ0) is 29.4. The molecule has 5 rings (SSSR count). The van der Waals surface area contributed by atoms with E-state index in [1.54, 1.807) is 0 Å². The Bertz CT molecular complexity index is 1480. The van der Waals surface area contributed by atoms with Gasteiger partial charge in [-0.1, -0.05) is 6.42 Å². The van der Waals surface area contributed by atoms with Gasteiger partial charge >= 0.3 is 12.7 Å². The van der Waals surface area contributed by atoms with Gasteiger partial charge in [0.1, 0.15) is 16.4 Å².